The number of rotatable bonds is 7. The minimum Gasteiger partial charge on any atom is -0.459 e. The van der Waals surface area contributed by atoms with E-state index < -0.39 is 17.8 Å². The Labute approximate surface area is 200 Å². The van der Waals surface area contributed by atoms with Gasteiger partial charge in [0, 0.05) is 19.0 Å². The lowest BCUT2D eigenvalue weighted by Crippen LogP contribution is -2.41. The highest BCUT2D eigenvalue weighted by Crippen LogP contribution is 2.33. The SMILES string of the molecule is CCCC(NC(=O)C1CCN(c2oc(-c3ccco3)nc2C#N)CC1)c1cccc(C(F)(F)F)c1. The van der Waals surface area contributed by atoms with Crippen LogP contribution in [0.15, 0.2) is 51.5 Å². The molecule has 4 rings (SSSR count). The second kappa shape index (κ2) is 10.3. The Balaban J connectivity index is 1.41. The molecule has 1 N–H and O–H groups in total. The van der Waals surface area contributed by atoms with Crippen molar-refractivity contribution in [1.29, 1.82) is 5.26 Å². The van der Waals surface area contributed by atoms with Crippen molar-refractivity contribution < 1.29 is 26.8 Å². The molecule has 10 heteroatoms. The topological polar surface area (TPSA) is 95.3 Å². The molecule has 1 atom stereocenters. The number of anilines is 1. The summed E-state index contributed by atoms with van der Waals surface area (Å²) in [6, 6.07) is 10.0. The predicted octanol–water partition coefficient (Wildman–Crippen LogP) is 5.70. The van der Waals surface area contributed by atoms with Crippen molar-refractivity contribution in [3.05, 3.63) is 59.5 Å². The van der Waals surface area contributed by atoms with Crippen LogP contribution < -0.4 is 10.2 Å². The molecule has 1 amide bonds. The van der Waals surface area contributed by atoms with E-state index in [1.165, 1.54) is 12.3 Å². The molecule has 184 valence electrons. The molecule has 0 aliphatic carbocycles. The number of nitriles is 1. The van der Waals surface area contributed by atoms with E-state index >= 15 is 0 Å². The van der Waals surface area contributed by atoms with Gasteiger partial charge in [0.15, 0.2) is 5.76 Å². The van der Waals surface area contributed by atoms with Crippen LogP contribution in [0.5, 0.6) is 0 Å². The van der Waals surface area contributed by atoms with Gasteiger partial charge in [0.1, 0.15) is 6.07 Å². The first kappa shape index (κ1) is 24.4. The van der Waals surface area contributed by atoms with Gasteiger partial charge < -0.3 is 19.1 Å². The van der Waals surface area contributed by atoms with Crippen LogP contribution in [0.3, 0.4) is 0 Å². The lowest BCUT2D eigenvalue weighted by molar-refractivity contribution is -0.137. The van der Waals surface area contributed by atoms with Crippen LogP contribution in [0, 0.1) is 17.2 Å². The van der Waals surface area contributed by atoms with Crippen molar-refractivity contribution in [2.45, 2.75) is 44.8 Å². The summed E-state index contributed by atoms with van der Waals surface area (Å²) in [6.45, 7) is 2.87. The lowest BCUT2D eigenvalue weighted by atomic mass is 9.94. The zero-order valence-electron chi connectivity index (χ0n) is 19.1. The zero-order chi connectivity index (χ0) is 25.0. The maximum absolute atomic E-state index is 13.2. The van der Waals surface area contributed by atoms with Crippen molar-refractivity contribution in [2.24, 2.45) is 5.92 Å². The van der Waals surface area contributed by atoms with Crippen molar-refractivity contribution in [2.75, 3.05) is 18.0 Å². The summed E-state index contributed by atoms with van der Waals surface area (Å²) in [5, 5.41) is 12.4. The van der Waals surface area contributed by atoms with E-state index in [4.69, 9.17) is 8.83 Å². The first-order chi connectivity index (χ1) is 16.8. The quantitative estimate of drug-likeness (QED) is 0.460. The number of oxazole rings is 1. The summed E-state index contributed by atoms with van der Waals surface area (Å²) in [7, 11) is 0. The van der Waals surface area contributed by atoms with Crippen molar-refractivity contribution in [3.63, 3.8) is 0 Å². The fraction of sp³-hybridized carbons (Fsp3) is 0.400. The van der Waals surface area contributed by atoms with E-state index in [1.807, 2.05) is 17.9 Å². The zero-order valence-corrected chi connectivity index (χ0v) is 19.1. The van der Waals surface area contributed by atoms with Gasteiger partial charge in [0.25, 0.3) is 5.89 Å². The van der Waals surface area contributed by atoms with Crippen molar-refractivity contribution >= 4 is 11.8 Å². The average Bonchev–Trinajstić information content (AvgIpc) is 3.53. The molecule has 1 aliphatic rings. The highest BCUT2D eigenvalue weighted by molar-refractivity contribution is 5.79. The third kappa shape index (κ3) is 5.50. The maximum atomic E-state index is 13.2. The highest BCUT2D eigenvalue weighted by atomic mass is 19.4. The molecule has 2 aromatic heterocycles. The van der Waals surface area contributed by atoms with E-state index in [9.17, 15) is 23.2 Å². The summed E-state index contributed by atoms with van der Waals surface area (Å²) in [5.74, 6) is 0.485. The largest absolute Gasteiger partial charge is 0.459 e. The molecule has 1 unspecified atom stereocenters. The first-order valence-electron chi connectivity index (χ1n) is 11.5. The molecular formula is C25H25F3N4O3. The molecule has 0 spiro atoms. The minimum absolute atomic E-state index is 0.145. The maximum Gasteiger partial charge on any atom is 0.416 e. The van der Waals surface area contributed by atoms with Crippen molar-refractivity contribution in [1.82, 2.24) is 10.3 Å². The molecule has 0 saturated carbocycles. The highest BCUT2D eigenvalue weighted by Gasteiger charge is 2.32. The van der Waals surface area contributed by atoms with Crippen LogP contribution in [0.25, 0.3) is 11.7 Å². The lowest BCUT2D eigenvalue weighted by Gasteiger charge is -2.32. The molecule has 35 heavy (non-hydrogen) atoms. The molecular weight excluding hydrogens is 461 g/mol. The summed E-state index contributed by atoms with van der Waals surface area (Å²) in [5.41, 5.74) is -0.141. The number of hydrogen-bond acceptors (Lipinski definition) is 6. The molecule has 1 fully saturated rings. The number of nitrogens with zero attached hydrogens (tertiary/aromatic N) is 3. The van der Waals surface area contributed by atoms with Crippen LogP contribution in [0.2, 0.25) is 0 Å². The van der Waals surface area contributed by atoms with Crippen molar-refractivity contribution in [3.8, 4) is 17.7 Å². The number of nitrogens with one attached hydrogen (secondary N) is 1. The Kier molecular flexibility index (Phi) is 7.15. The summed E-state index contributed by atoms with van der Waals surface area (Å²) >= 11 is 0. The molecule has 0 bridgehead atoms. The Morgan fingerprint density at radius 3 is 2.69 bits per heavy atom. The fourth-order valence-corrected chi connectivity index (χ4v) is 4.28. The van der Waals surface area contributed by atoms with Gasteiger partial charge in [-0.3, -0.25) is 4.79 Å². The Morgan fingerprint density at radius 2 is 2.06 bits per heavy atom. The number of alkyl halides is 3. The number of benzene rings is 1. The Hall–Kier alpha value is -3.74. The second-order valence-electron chi connectivity index (χ2n) is 8.50. The second-order valence-corrected chi connectivity index (χ2v) is 8.50. The smallest absolute Gasteiger partial charge is 0.416 e. The molecule has 3 heterocycles. The Morgan fingerprint density at radius 1 is 1.29 bits per heavy atom. The first-order valence-corrected chi connectivity index (χ1v) is 11.5. The number of hydrogen-bond donors (Lipinski definition) is 1. The average molecular weight is 486 g/mol. The van der Waals surface area contributed by atoms with E-state index in [0.29, 0.717) is 56.0 Å². The summed E-state index contributed by atoms with van der Waals surface area (Å²) in [4.78, 5) is 19.1. The van der Waals surface area contributed by atoms with Gasteiger partial charge in [-0.25, -0.2) is 0 Å². The number of halogens is 3. The standard InChI is InChI=1S/C25H25F3N4O3/c1-2-5-19(17-6-3-7-18(14-17)25(26,27)28)30-22(33)16-9-11-32(12-10-16)24-20(15-29)31-23(35-24)21-8-4-13-34-21/h3-4,6-8,13-14,16,19H,2,5,9-12H2,1H3,(H,30,33). The van der Waals surface area contributed by atoms with E-state index in [2.05, 4.69) is 10.3 Å². The van der Waals surface area contributed by atoms with Crippen LogP contribution >= 0.6 is 0 Å². The molecule has 0 radical (unpaired) electrons. The monoisotopic (exact) mass is 486 g/mol. The molecule has 7 nitrogen and oxygen atoms in total. The van der Waals surface area contributed by atoms with Gasteiger partial charge >= 0.3 is 6.18 Å². The Bertz CT molecular complexity index is 1190. The third-order valence-electron chi connectivity index (χ3n) is 6.11. The van der Waals surface area contributed by atoms with Gasteiger partial charge in [-0.05, 0) is 49.1 Å². The van der Waals surface area contributed by atoms with E-state index in [-0.39, 0.29) is 23.4 Å². The van der Waals surface area contributed by atoms with Crippen LogP contribution in [-0.2, 0) is 11.0 Å². The third-order valence-corrected chi connectivity index (χ3v) is 6.11. The van der Waals surface area contributed by atoms with Crippen LogP contribution in [0.1, 0.15) is 55.5 Å². The van der Waals surface area contributed by atoms with E-state index in [0.717, 1.165) is 12.1 Å². The number of furan rings is 1. The van der Waals surface area contributed by atoms with E-state index in [1.54, 1.807) is 18.2 Å². The van der Waals surface area contributed by atoms with Gasteiger partial charge in [0.2, 0.25) is 17.5 Å². The molecule has 1 aromatic carbocycles. The van der Waals surface area contributed by atoms with Gasteiger partial charge in [-0.2, -0.15) is 23.4 Å². The van der Waals surface area contributed by atoms with Gasteiger partial charge in [0.05, 0.1) is 17.9 Å². The fourth-order valence-electron chi connectivity index (χ4n) is 4.28. The number of aromatic nitrogens is 1. The molecule has 1 aliphatic heterocycles. The van der Waals surface area contributed by atoms with Crippen LogP contribution in [0.4, 0.5) is 19.1 Å². The molecule has 1 saturated heterocycles. The van der Waals surface area contributed by atoms with Crippen LogP contribution in [-0.4, -0.2) is 24.0 Å². The number of carbonyl (C=O) groups is 1. The number of carbonyl (C=O) groups excluding carboxylic acids is 1. The summed E-state index contributed by atoms with van der Waals surface area (Å²) in [6.07, 6.45) is -0.696. The van der Waals surface area contributed by atoms with Gasteiger partial charge in [-0.1, -0.05) is 25.5 Å². The number of amides is 1. The van der Waals surface area contributed by atoms with Gasteiger partial charge in [-0.15, -0.1) is 0 Å². The normalized spacial score (nSPS) is 15.6. The summed E-state index contributed by atoms with van der Waals surface area (Å²) < 4.78 is 50.5. The predicted molar refractivity (Wildman–Crippen MR) is 121 cm³/mol. The minimum atomic E-state index is -4.44. The molecule has 3 aromatic rings. The number of piperidine rings is 1.